The molecule has 29 heavy (non-hydrogen) atoms. The van der Waals surface area contributed by atoms with Crippen LogP contribution >= 0.6 is 12.4 Å². The number of rotatable bonds is 10. The molecule has 0 bridgehead atoms. The average molecular weight is 421 g/mol. The van der Waals surface area contributed by atoms with Crippen LogP contribution in [-0.2, 0) is 0 Å². The number of nitrogen functional groups attached to an aromatic ring is 2. The van der Waals surface area contributed by atoms with Gasteiger partial charge in [0.1, 0.15) is 24.9 Å². The Morgan fingerprint density at radius 3 is 1.45 bits per heavy atom. The zero-order chi connectivity index (χ0) is 20.5. The Morgan fingerprint density at radius 1 is 0.759 bits per heavy atom. The summed E-state index contributed by atoms with van der Waals surface area (Å²) in [4.78, 5) is 0. The number of benzene rings is 2. The zero-order valence-corrected chi connectivity index (χ0v) is 17.0. The standard InChI is InChI=1S/C20H24N4O4.ClH/c1-25-17-11-13(19(21)22)5-7-15(17)27-9-3-4-10-28-16-8-6-14(20(23)24)12-18(16)26-2;/h3-8,11-12H,9-10H2,1-2H3,(H3,21,22)(H3,23,24);1H/b4-3+;. The van der Waals surface area contributed by atoms with Crippen LogP contribution in [0.3, 0.4) is 0 Å². The minimum atomic E-state index is -0.0336. The molecule has 0 saturated carbocycles. The first-order valence-electron chi connectivity index (χ1n) is 8.41. The molecule has 0 radical (unpaired) electrons. The minimum absolute atomic E-state index is 0. The van der Waals surface area contributed by atoms with Crippen molar-refractivity contribution < 1.29 is 18.9 Å². The van der Waals surface area contributed by atoms with Crippen LogP contribution in [0.2, 0.25) is 0 Å². The van der Waals surface area contributed by atoms with Crippen molar-refractivity contribution in [3.05, 3.63) is 59.7 Å². The lowest BCUT2D eigenvalue weighted by atomic mass is 10.2. The predicted octanol–water partition coefficient (Wildman–Crippen LogP) is 2.71. The van der Waals surface area contributed by atoms with E-state index in [2.05, 4.69) is 0 Å². The predicted molar refractivity (Wildman–Crippen MR) is 115 cm³/mol. The van der Waals surface area contributed by atoms with Crippen LogP contribution in [0.5, 0.6) is 23.0 Å². The Balaban J connectivity index is 0.00000420. The lowest BCUT2D eigenvalue weighted by molar-refractivity contribution is 0.318. The highest BCUT2D eigenvalue weighted by molar-refractivity contribution is 5.96. The molecule has 0 spiro atoms. The van der Waals surface area contributed by atoms with Crippen LogP contribution in [0.15, 0.2) is 48.6 Å². The van der Waals surface area contributed by atoms with Gasteiger partial charge in [-0.25, -0.2) is 0 Å². The molecule has 8 nitrogen and oxygen atoms in total. The third kappa shape index (κ3) is 6.62. The zero-order valence-electron chi connectivity index (χ0n) is 16.2. The quantitative estimate of drug-likeness (QED) is 0.265. The van der Waals surface area contributed by atoms with Crippen molar-refractivity contribution in [2.75, 3.05) is 27.4 Å². The molecule has 2 aromatic carbocycles. The van der Waals surface area contributed by atoms with Crippen LogP contribution in [0, 0.1) is 10.8 Å². The Bertz CT molecular complexity index is 815. The summed E-state index contributed by atoms with van der Waals surface area (Å²) in [5.41, 5.74) is 12.1. The van der Waals surface area contributed by atoms with Gasteiger partial charge in [0.15, 0.2) is 23.0 Å². The van der Waals surface area contributed by atoms with Gasteiger partial charge in [0.2, 0.25) is 0 Å². The third-order valence-corrected chi connectivity index (χ3v) is 3.79. The molecule has 0 amide bonds. The van der Waals surface area contributed by atoms with E-state index in [9.17, 15) is 0 Å². The summed E-state index contributed by atoms with van der Waals surface area (Å²) in [7, 11) is 3.06. The molecule has 0 aliphatic rings. The topological polar surface area (TPSA) is 137 Å². The van der Waals surface area contributed by atoms with Crippen LogP contribution in [-0.4, -0.2) is 39.1 Å². The fraction of sp³-hybridized carbons (Fsp3) is 0.200. The lowest BCUT2D eigenvalue weighted by Crippen LogP contribution is -2.11. The summed E-state index contributed by atoms with van der Waals surface area (Å²) >= 11 is 0. The number of nitrogens with one attached hydrogen (secondary N) is 2. The molecule has 0 aliphatic heterocycles. The molecule has 2 rings (SSSR count). The maximum absolute atomic E-state index is 7.46. The van der Waals surface area contributed by atoms with E-state index in [4.69, 9.17) is 41.2 Å². The Kier molecular flexibility index (Phi) is 9.34. The van der Waals surface area contributed by atoms with E-state index >= 15 is 0 Å². The Labute approximate surface area is 175 Å². The van der Waals surface area contributed by atoms with Crippen LogP contribution in [0.25, 0.3) is 0 Å². The van der Waals surface area contributed by atoms with Crippen LogP contribution in [0.4, 0.5) is 0 Å². The van der Waals surface area contributed by atoms with Crippen molar-refractivity contribution >= 4 is 24.1 Å². The van der Waals surface area contributed by atoms with Gasteiger partial charge in [-0.15, -0.1) is 12.4 Å². The second kappa shape index (κ2) is 11.5. The maximum Gasteiger partial charge on any atom is 0.161 e. The molecular weight excluding hydrogens is 396 g/mol. The maximum atomic E-state index is 7.46. The van der Waals surface area contributed by atoms with E-state index in [1.165, 1.54) is 14.2 Å². The van der Waals surface area contributed by atoms with Crippen molar-refractivity contribution in [1.82, 2.24) is 0 Å². The number of amidine groups is 2. The SMILES string of the molecule is COc1cc(C(=N)N)ccc1OC/C=C/COc1ccc(C(=N)N)cc1OC.Cl. The molecule has 0 fully saturated rings. The first-order valence-corrected chi connectivity index (χ1v) is 8.41. The number of halogens is 1. The summed E-state index contributed by atoms with van der Waals surface area (Å²) in [6, 6.07) is 10.1. The van der Waals surface area contributed by atoms with Crippen LogP contribution in [0.1, 0.15) is 11.1 Å². The van der Waals surface area contributed by atoms with Gasteiger partial charge in [-0.1, -0.05) is 0 Å². The summed E-state index contributed by atoms with van der Waals surface area (Å²) in [5.74, 6) is 2.06. The lowest BCUT2D eigenvalue weighted by Gasteiger charge is -2.11. The van der Waals surface area contributed by atoms with Gasteiger partial charge < -0.3 is 30.4 Å². The van der Waals surface area contributed by atoms with Gasteiger partial charge in [-0.2, -0.15) is 0 Å². The first kappa shape index (κ1) is 23.6. The summed E-state index contributed by atoms with van der Waals surface area (Å²) in [5, 5.41) is 14.9. The molecule has 0 aliphatic carbocycles. The van der Waals surface area contributed by atoms with Gasteiger partial charge >= 0.3 is 0 Å². The van der Waals surface area contributed by atoms with Gasteiger partial charge in [-0.3, -0.25) is 10.8 Å². The van der Waals surface area contributed by atoms with E-state index < -0.39 is 0 Å². The fourth-order valence-corrected chi connectivity index (χ4v) is 2.32. The van der Waals surface area contributed by atoms with Crippen molar-refractivity contribution in [3.63, 3.8) is 0 Å². The molecule has 156 valence electrons. The highest BCUT2D eigenvalue weighted by Gasteiger charge is 2.08. The third-order valence-electron chi connectivity index (χ3n) is 3.79. The summed E-state index contributed by atoms with van der Waals surface area (Å²) in [6.45, 7) is 0.638. The molecular formula is C20H25ClN4O4. The monoisotopic (exact) mass is 420 g/mol. The van der Waals surface area contributed by atoms with E-state index in [1.54, 1.807) is 36.4 Å². The fourth-order valence-electron chi connectivity index (χ4n) is 2.32. The summed E-state index contributed by atoms with van der Waals surface area (Å²) < 4.78 is 21.8. The normalized spacial score (nSPS) is 10.1. The average Bonchev–Trinajstić information content (AvgIpc) is 2.70. The molecule has 0 atom stereocenters. The van der Waals surface area contributed by atoms with Gasteiger partial charge in [0.25, 0.3) is 0 Å². The highest BCUT2D eigenvalue weighted by atomic mass is 35.5. The molecule has 0 heterocycles. The number of methoxy groups -OCH3 is 2. The highest BCUT2D eigenvalue weighted by Crippen LogP contribution is 2.29. The number of ether oxygens (including phenoxy) is 4. The molecule has 6 N–H and O–H groups in total. The molecule has 0 aromatic heterocycles. The van der Waals surface area contributed by atoms with E-state index in [1.807, 2.05) is 12.2 Å². The number of hydrogen-bond acceptors (Lipinski definition) is 6. The molecule has 0 saturated heterocycles. The van der Waals surface area contributed by atoms with Crippen molar-refractivity contribution in [2.45, 2.75) is 0 Å². The summed E-state index contributed by atoms with van der Waals surface area (Å²) in [6.07, 6.45) is 3.63. The molecule has 2 aromatic rings. The molecule has 9 heteroatoms. The second-order valence-corrected chi connectivity index (χ2v) is 5.65. The van der Waals surface area contributed by atoms with Gasteiger partial charge in [-0.05, 0) is 48.6 Å². The minimum Gasteiger partial charge on any atom is -0.493 e. The Morgan fingerprint density at radius 2 is 1.14 bits per heavy atom. The smallest absolute Gasteiger partial charge is 0.161 e. The van der Waals surface area contributed by atoms with E-state index in [0.29, 0.717) is 47.3 Å². The first-order chi connectivity index (χ1) is 13.5. The largest absolute Gasteiger partial charge is 0.493 e. The number of nitrogens with two attached hydrogens (primary N) is 2. The van der Waals surface area contributed by atoms with Crippen LogP contribution < -0.4 is 30.4 Å². The second-order valence-electron chi connectivity index (χ2n) is 5.65. The number of hydrogen-bond donors (Lipinski definition) is 4. The van der Waals surface area contributed by atoms with Crippen molar-refractivity contribution in [1.29, 1.82) is 10.8 Å². The van der Waals surface area contributed by atoms with Crippen molar-refractivity contribution in [3.8, 4) is 23.0 Å². The molecule has 0 unspecified atom stereocenters. The van der Waals surface area contributed by atoms with E-state index in [-0.39, 0.29) is 24.1 Å². The van der Waals surface area contributed by atoms with Crippen molar-refractivity contribution in [2.24, 2.45) is 11.5 Å². The van der Waals surface area contributed by atoms with Gasteiger partial charge in [0.05, 0.1) is 14.2 Å². The van der Waals surface area contributed by atoms with E-state index in [0.717, 1.165) is 0 Å². The Hall–Kier alpha value is -3.39. The van der Waals surface area contributed by atoms with Gasteiger partial charge in [0, 0.05) is 11.1 Å².